The number of nitrogens with zero attached hydrogens (tertiary/aromatic N) is 2. The molecule has 0 aromatic carbocycles. The fraction of sp³-hybridized carbons (Fsp3) is 0.852. The van der Waals surface area contributed by atoms with E-state index in [4.69, 9.17) is 19.9 Å². The minimum atomic E-state index is -0.415. The topological polar surface area (TPSA) is 142 Å². The van der Waals surface area contributed by atoms with Crippen molar-refractivity contribution in [3.05, 3.63) is 0 Å². The van der Waals surface area contributed by atoms with Crippen molar-refractivity contribution in [2.45, 2.75) is 104 Å². The molecule has 0 fully saturated rings. The van der Waals surface area contributed by atoms with Crippen molar-refractivity contribution in [1.82, 2.24) is 10.6 Å². The zero-order chi connectivity index (χ0) is 28.3. The summed E-state index contributed by atoms with van der Waals surface area (Å²) in [4.78, 5) is 24.1. The van der Waals surface area contributed by atoms with Crippen LogP contribution in [-0.2, 0) is 19.1 Å². The molecule has 37 heavy (non-hydrogen) atoms. The first-order valence-corrected chi connectivity index (χ1v) is 13.5. The Morgan fingerprint density at radius 3 is 1.68 bits per heavy atom. The third-order valence-electron chi connectivity index (χ3n) is 6.89. The molecular formula is C27H52N4O6. The van der Waals surface area contributed by atoms with Crippen LogP contribution in [0.1, 0.15) is 93.4 Å². The van der Waals surface area contributed by atoms with E-state index in [1.165, 1.54) is 0 Å². The Hall–Kier alpha value is -1.88. The molecule has 0 unspecified atom stereocenters. The summed E-state index contributed by atoms with van der Waals surface area (Å²) in [5.74, 6) is 0.357. The van der Waals surface area contributed by atoms with Crippen molar-refractivity contribution in [2.24, 2.45) is 16.2 Å². The van der Waals surface area contributed by atoms with Crippen molar-refractivity contribution in [3.8, 4) is 0 Å². The van der Waals surface area contributed by atoms with Gasteiger partial charge in [-0.2, -0.15) is 0 Å². The van der Waals surface area contributed by atoms with Crippen LogP contribution >= 0.6 is 0 Å². The summed E-state index contributed by atoms with van der Waals surface area (Å²) in [5.41, 5.74) is 0.401. The van der Waals surface area contributed by atoms with Crippen LogP contribution in [0.5, 0.6) is 0 Å². The highest BCUT2D eigenvalue weighted by Gasteiger charge is 2.23. The summed E-state index contributed by atoms with van der Waals surface area (Å²) < 4.78 is 10.5. The summed E-state index contributed by atoms with van der Waals surface area (Å²) in [6, 6.07) is 0. The molecule has 0 saturated carbocycles. The molecule has 0 atom stereocenters. The lowest BCUT2D eigenvalue weighted by Crippen LogP contribution is -2.47. The summed E-state index contributed by atoms with van der Waals surface area (Å²) in [7, 11) is 0. The van der Waals surface area contributed by atoms with Gasteiger partial charge < -0.3 is 30.5 Å². The molecule has 0 aliphatic rings. The van der Waals surface area contributed by atoms with Crippen molar-refractivity contribution >= 4 is 23.0 Å². The fourth-order valence-corrected chi connectivity index (χ4v) is 3.64. The molecule has 0 radical (unpaired) electrons. The number of nitrogens with one attached hydrogen (secondary N) is 2. The molecule has 0 saturated heterocycles. The maximum atomic E-state index is 12.3. The van der Waals surface area contributed by atoms with E-state index < -0.39 is 11.1 Å². The predicted octanol–water partition coefficient (Wildman–Crippen LogP) is 3.96. The first-order valence-electron chi connectivity index (χ1n) is 13.5. The second-order valence-corrected chi connectivity index (χ2v) is 10.7. The van der Waals surface area contributed by atoms with E-state index in [1.54, 1.807) is 13.8 Å². The number of hydrogen-bond donors (Lipinski definition) is 4. The van der Waals surface area contributed by atoms with E-state index in [-0.39, 0.29) is 24.8 Å². The molecule has 0 aromatic heterocycles. The van der Waals surface area contributed by atoms with Crippen molar-refractivity contribution in [1.29, 1.82) is 0 Å². The Morgan fingerprint density at radius 2 is 1.24 bits per heavy atom. The van der Waals surface area contributed by atoms with Crippen LogP contribution in [-0.4, -0.2) is 84.0 Å². The van der Waals surface area contributed by atoms with E-state index in [2.05, 4.69) is 20.9 Å². The van der Waals surface area contributed by atoms with Crippen LogP contribution in [0.25, 0.3) is 0 Å². The highest BCUT2D eigenvalue weighted by Crippen LogP contribution is 2.18. The average molecular weight is 529 g/mol. The lowest BCUT2D eigenvalue weighted by molar-refractivity contribution is -0.129. The molecule has 0 spiro atoms. The Balaban J connectivity index is 4.60. The maximum Gasteiger partial charge on any atom is 0.158 e. The van der Waals surface area contributed by atoms with Crippen LogP contribution in [0.15, 0.2) is 10.3 Å². The Bertz CT molecular complexity index is 686. The van der Waals surface area contributed by atoms with Gasteiger partial charge in [0.2, 0.25) is 0 Å². The lowest BCUT2D eigenvalue weighted by Gasteiger charge is -2.28. The largest absolute Gasteiger partial charge is 0.411 e. The molecular weight excluding hydrogens is 476 g/mol. The Labute approximate surface area is 223 Å². The minimum Gasteiger partial charge on any atom is -0.411 e. The minimum absolute atomic E-state index is 0.00365. The van der Waals surface area contributed by atoms with E-state index in [0.29, 0.717) is 49.8 Å². The van der Waals surface area contributed by atoms with Crippen molar-refractivity contribution in [3.63, 3.8) is 0 Å². The molecule has 0 aliphatic carbocycles. The van der Waals surface area contributed by atoms with Gasteiger partial charge in [-0.15, -0.1) is 0 Å². The summed E-state index contributed by atoms with van der Waals surface area (Å²) in [6.45, 7) is 16.0. The van der Waals surface area contributed by atoms with Gasteiger partial charge in [-0.3, -0.25) is 9.59 Å². The zero-order valence-corrected chi connectivity index (χ0v) is 24.2. The standard InChI is InChI=1S/C27H52N4O6/c1-8-36-18-10-13-25(33)20-37-19-24(32)12-9-11-23(14-16-28-26(4,5)21(2)30-34)15-17-29-27(6,7)22(3)31-35/h23,28-29,34-35H,8-20H2,1-7H3/b30-21-,31-22-. The van der Waals surface area contributed by atoms with E-state index >= 15 is 0 Å². The predicted molar refractivity (Wildman–Crippen MR) is 147 cm³/mol. The normalized spacial score (nSPS) is 13.4. The molecule has 10 nitrogen and oxygen atoms in total. The van der Waals surface area contributed by atoms with Gasteiger partial charge in [0.25, 0.3) is 0 Å². The number of ether oxygens (including phenoxy) is 2. The van der Waals surface area contributed by atoms with Crippen LogP contribution in [0, 0.1) is 5.92 Å². The zero-order valence-electron chi connectivity index (χ0n) is 24.2. The Morgan fingerprint density at radius 1 is 0.784 bits per heavy atom. The first kappa shape index (κ1) is 35.1. The molecule has 0 amide bonds. The van der Waals surface area contributed by atoms with Crippen LogP contribution in [0.4, 0.5) is 0 Å². The maximum absolute atomic E-state index is 12.3. The van der Waals surface area contributed by atoms with Gasteiger partial charge in [0, 0.05) is 26.1 Å². The van der Waals surface area contributed by atoms with E-state index in [1.807, 2.05) is 34.6 Å². The SMILES string of the molecule is CCOCCCC(=O)COCC(=O)CCCC(CCNC(C)(C)/C(C)=N\O)CCNC(C)(C)/C(C)=N\O. The molecule has 10 heteroatoms. The molecule has 4 N–H and O–H groups in total. The van der Waals surface area contributed by atoms with Gasteiger partial charge in [-0.05, 0) is 99.6 Å². The highest BCUT2D eigenvalue weighted by atomic mass is 16.5. The number of carbonyl (C=O) groups is 2. The third-order valence-corrected chi connectivity index (χ3v) is 6.89. The number of oxime groups is 2. The summed E-state index contributed by atoms with van der Waals surface area (Å²) in [6.07, 6.45) is 4.92. The number of rotatable bonds is 23. The molecule has 0 bridgehead atoms. The fourth-order valence-electron chi connectivity index (χ4n) is 3.64. The molecule has 216 valence electrons. The third kappa shape index (κ3) is 16.5. The Kier molecular flexibility index (Phi) is 18.3. The molecule has 0 rings (SSSR count). The lowest BCUT2D eigenvalue weighted by atomic mass is 9.92. The van der Waals surface area contributed by atoms with E-state index in [9.17, 15) is 9.59 Å². The van der Waals surface area contributed by atoms with Crippen molar-refractivity contribution in [2.75, 3.05) is 39.5 Å². The average Bonchev–Trinajstić information content (AvgIpc) is 2.84. The second-order valence-electron chi connectivity index (χ2n) is 10.7. The van der Waals surface area contributed by atoms with Gasteiger partial charge in [0.05, 0.1) is 22.5 Å². The monoisotopic (exact) mass is 528 g/mol. The molecule has 0 heterocycles. The summed E-state index contributed by atoms with van der Waals surface area (Å²) >= 11 is 0. The highest BCUT2D eigenvalue weighted by molar-refractivity contribution is 5.90. The van der Waals surface area contributed by atoms with Crippen molar-refractivity contribution < 1.29 is 29.5 Å². The molecule has 0 aliphatic heterocycles. The van der Waals surface area contributed by atoms with E-state index in [0.717, 1.165) is 38.8 Å². The quantitative estimate of drug-likeness (QED) is 0.0676. The summed E-state index contributed by atoms with van der Waals surface area (Å²) in [5, 5.41) is 31.7. The van der Waals surface area contributed by atoms with Gasteiger partial charge in [-0.25, -0.2) is 0 Å². The van der Waals surface area contributed by atoms with Crippen LogP contribution in [0.2, 0.25) is 0 Å². The van der Waals surface area contributed by atoms with Gasteiger partial charge in [-0.1, -0.05) is 10.3 Å². The van der Waals surface area contributed by atoms with Gasteiger partial charge in [0.1, 0.15) is 13.2 Å². The van der Waals surface area contributed by atoms with Gasteiger partial charge >= 0.3 is 0 Å². The second kappa shape index (κ2) is 19.2. The van der Waals surface area contributed by atoms with Gasteiger partial charge in [0.15, 0.2) is 11.6 Å². The van der Waals surface area contributed by atoms with Crippen LogP contribution < -0.4 is 10.6 Å². The van der Waals surface area contributed by atoms with Crippen LogP contribution in [0.3, 0.4) is 0 Å². The smallest absolute Gasteiger partial charge is 0.158 e. The first-order chi connectivity index (χ1) is 17.4. The number of Topliss-reactive ketones (excluding diaryl/α,β-unsaturated/α-hetero) is 2. The number of carbonyl (C=O) groups excluding carboxylic acids is 2. The molecule has 0 aromatic rings. The number of hydrogen-bond acceptors (Lipinski definition) is 10. The number of ketones is 2.